The number of hydrogen-bond acceptors (Lipinski definition) is 4. The van der Waals surface area contributed by atoms with Crippen molar-refractivity contribution in [2.75, 3.05) is 53.0 Å². The maximum Gasteiger partial charge on any atom is 0.194 e. The molecule has 0 aliphatic carbocycles. The van der Waals surface area contributed by atoms with Crippen molar-refractivity contribution < 1.29 is 4.74 Å². The highest BCUT2D eigenvalue weighted by Gasteiger charge is 2.23. The van der Waals surface area contributed by atoms with Gasteiger partial charge in [0.05, 0.1) is 12.8 Å². The van der Waals surface area contributed by atoms with Crippen LogP contribution in [0.4, 0.5) is 0 Å². The largest absolute Gasteiger partial charge is 0.381 e. The minimum atomic E-state index is 0. The summed E-state index contributed by atoms with van der Waals surface area (Å²) >= 11 is 0. The molecule has 2 fully saturated rings. The van der Waals surface area contributed by atoms with Crippen molar-refractivity contribution in [1.82, 2.24) is 24.9 Å². The molecule has 7 nitrogen and oxygen atoms in total. The molecule has 0 spiro atoms. The number of piperazine rings is 1. The zero-order valence-corrected chi connectivity index (χ0v) is 17.0. The third-order valence-corrected chi connectivity index (χ3v) is 4.63. The Labute approximate surface area is 161 Å². The average Bonchev–Trinajstić information content (AvgIpc) is 3.21. The minimum absolute atomic E-state index is 0. The van der Waals surface area contributed by atoms with E-state index in [9.17, 15) is 0 Å². The lowest BCUT2D eigenvalue weighted by Crippen LogP contribution is -2.53. The van der Waals surface area contributed by atoms with Gasteiger partial charge in [0.1, 0.15) is 0 Å². The molecular formula is C16H29IN6O. The number of aliphatic imine (C=N–C) groups is 1. The fourth-order valence-corrected chi connectivity index (χ4v) is 3.31. The Balaban J connectivity index is 0.00000208. The third-order valence-electron chi connectivity index (χ3n) is 4.63. The number of guanidine groups is 1. The smallest absolute Gasteiger partial charge is 0.194 e. The summed E-state index contributed by atoms with van der Waals surface area (Å²) in [6, 6.07) is 0. The van der Waals surface area contributed by atoms with Gasteiger partial charge in [0, 0.05) is 71.7 Å². The molecule has 3 heterocycles. The summed E-state index contributed by atoms with van der Waals surface area (Å²) in [6.07, 6.45) is 5.14. The van der Waals surface area contributed by atoms with Gasteiger partial charge in [-0.15, -0.1) is 24.0 Å². The number of ether oxygens (including phenoxy) is 1. The lowest BCUT2D eigenvalue weighted by Gasteiger charge is -2.37. The van der Waals surface area contributed by atoms with E-state index in [1.54, 1.807) is 0 Å². The van der Waals surface area contributed by atoms with E-state index in [1.165, 1.54) is 18.5 Å². The Morgan fingerprint density at radius 2 is 2.17 bits per heavy atom. The van der Waals surface area contributed by atoms with E-state index in [0.717, 1.165) is 57.8 Å². The molecule has 136 valence electrons. The van der Waals surface area contributed by atoms with Gasteiger partial charge in [-0.2, -0.15) is 5.10 Å². The zero-order valence-electron chi connectivity index (χ0n) is 14.6. The lowest BCUT2D eigenvalue weighted by molar-refractivity contribution is 0.139. The van der Waals surface area contributed by atoms with Crippen molar-refractivity contribution in [1.29, 1.82) is 0 Å². The Hall–Kier alpha value is -0.870. The van der Waals surface area contributed by atoms with Crippen LogP contribution in [-0.2, 0) is 18.3 Å². The predicted molar refractivity (Wildman–Crippen MR) is 106 cm³/mol. The molecular weight excluding hydrogens is 419 g/mol. The van der Waals surface area contributed by atoms with Gasteiger partial charge in [0.2, 0.25) is 0 Å². The number of halogens is 1. The van der Waals surface area contributed by atoms with Crippen molar-refractivity contribution in [2.45, 2.75) is 13.0 Å². The van der Waals surface area contributed by atoms with Crippen LogP contribution in [0, 0.1) is 5.92 Å². The van der Waals surface area contributed by atoms with Gasteiger partial charge in [-0.3, -0.25) is 14.6 Å². The van der Waals surface area contributed by atoms with Crippen LogP contribution in [0.15, 0.2) is 17.4 Å². The first kappa shape index (κ1) is 19.5. The number of rotatable bonds is 4. The molecule has 1 unspecified atom stereocenters. The maximum atomic E-state index is 5.48. The predicted octanol–water partition coefficient (Wildman–Crippen LogP) is 0.768. The van der Waals surface area contributed by atoms with E-state index < -0.39 is 0 Å². The molecule has 0 aromatic carbocycles. The van der Waals surface area contributed by atoms with Crippen LogP contribution in [0.2, 0.25) is 0 Å². The quantitative estimate of drug-likeness (QED) is 0.419. The van der Waals surface area contributed by atoms with Gasteiger partial charge >= 0.3 is 0 Å². The Morgan fingerprint density at radius 3 is 2.75 bits per heavy atom. The van der Waals surface area contributed by atoms with E-state index in [2.05, 4.69) is 25.2 Å². The van der Waals surface area contributed by atoms with E-state index in [0.29, 0.717) is 0 Å². The van der Waals surface area contributed by atoms with Crippen LogP contribution in [0.25, 0.3) is 0 Å². The molecule has 0 radical (unpaired) electrons. The summed E-state index contributed by atoms with van der Waals surface area (Å²) in [5.41, 5.74) is 1.17. The van der Waals surface area contributed by atoms with Crippen molar-refractivity contribution in [3.05, 3.63) is 18.0 Å². The van der Waals surface area contributed by atoms with Gasteiger partial charge in [0.25, 0.3) is 0 Å². The second-order valence-corrected chi connectivity index (χ2v) is 6.44. The molecule has 1 aromatic rings. The van der Waals surface area contributed by atoms with Crippen LogP contribution in [0.1, 0.15) is 12.0 Å². The molecule has 2 saturated heterocycles. The molecule has 0 saturated carbocycles. The first-order chi connectivity index (χ1) is 11.2. The topological polar surface area (TPSA) is 57.9 Å². The van der Waals surface area contributed by atoms with E-state index in [1.807, 2.05) is 31.2 Å². The monoisotopic (exact) mass is 448 g/mol. The number of aryl methyl sites for hydroxylation is 1. The van der Waals surface area contributed by atoms with Crippen LogP contribution >= 0.6 is 24.0 Å². The molecule has 2 aliphatic rings. The second kappa shape index (κ2) is 9.57. The summed E-state index contributed by atoms with van der Waals surface area (Å²) in [4.78, 5) is 9.33. The first-order valence-corrected chi connectivity index (χ1v) is 8.48. The van der Waals surface area contributed by atoms with E-state index >= 15 is 0 Å². The SMILES string of the molecule is CN=C(NCc1cnn(C)c1)N1CCN(CC2CCOC2)CC1.I. The van der Waals surface area contributed by atoms with E-state index in [-0.39, 0.29) is 24.0 Å². The lowest BCUT2D eigenvalue weighted by atomic mass is 10.1. The number of nitrogens with zero attached hydrogens (tertiary/aromatic N) is 5. The summed E-state index contributed by atoms with van der Waals surface area (Å²) in [5, 5.41) is 7.64. The minimum Gasteiger partial charge on any atom is -0.381 e. The molecule has 1 N–H and O–H groups in total. The summed E-state index contributed by atoms with van der Waals surface area (Å²) in [5.74, 6) is 1.71. The van der Waals surface area contributed by atoms with Crippen molar-refractivity contribution in [2.24, 2.45) is 18.0 Å². The van der Waals surface area contributed by atoms with Crippen molar-refractivity contribution in [3.8, 4) is 0 Å². The third kappa shape index (κ3) is 5.32. The zero-order chi connectivity index (χ0) is 16.1. The maximum absolute atomic E-state index is 5.48. The Bertz CT molecular complexity index is 520. The molecule has 1 atom stereocenters. The molecule has 2 aliphatic heterocycles. The molecule has 1 aromatic heterocycles. The number of hydrogen-bond donors (Lipinski definition) is 1. The van der Waals surface area contributed by atoms with Crippen molar-refractivity contribution in [3.63, 3.8) is 0 Å². The highest BCUT2D eigenvalue weighted by Crippen LogP contribution is 2.15. The average molecular weight is 448 g/mol. The molecule has 3 rings (SSSR count). The van der Waals surface area contributed by atoms with Gasteiger partial charge in [-0.1, -0.05) is 0 Å². The molecule has 8 heteroatoms. The van der Waals surface area contributed by atoms with Gasteiger partial charge in [-0.25, -0.2) is 0 Å². The summed E-state index contributed by atoms with van der Waals surface area (Å²) in [6.45, 7) is 8.08. The van der Waals surface area contributed by atoms with Gasteiger partial charge in [-0.05, 0) is 12.3 Å². The highest BCUT2D eigenvalue weighted by atomic mass is 127. The number of nitrogens with one attached hydrogen (secondary N) is 1. The summed E-state index contributed by atoms with van der Waals surface area (Å²) < 4.78 is 7.30. The van der Waals surface area contributed by atoms with E-state index in [4.69, 9.17) is 4.74 Å². The molecule has 24 heavy (non-hydrogen) atoms. The van der Waals surface area contributed by atoms with Crippen LogP contribution in [-0.4, -0.2) is 78.5 Å². The summed E-state index contributed by atoms with van der Waals surface area (Å²) in [7, 11) is 3.79. The molecule has 0 amide bonds. The Kier molecular flexibility index (Phi) is 7.76. The second-order valence-electron chi connectivity index (χ2n) is 6.44. The highest BCUT2D eigenvalue weighted by molar-refractivity contribution is 14.0. The van der Waals surface area contributed by atoms with Crippen LogP contribution in [0.3, 0.4) is 0 Å². The fourth-order valence-electron chi connectivity index (χ4n) is 3.31. The first-order valence-electron chi connectivity index (χ1n) is 8.48. The van der Waals surface area contributed by atoms with Crippen molar-refractivity contribution >= 4 is 29.9 Å². The molecule has 0 bridgehead atoms. The number of aromatic nitrogens is 2. The fraction of sp³-hybridized carbons (Fsp3) is 0.750. The van der Waals surface area contributed by atoms with Crippen LogP contribution in [0.5, 0.6) is 0 Å². The van der Waals surface area contributed by atoms with Gasteiger partial charge < -0.3 is 15.0 Å². The standard InChI is InChI=1S/C16H28N6O.HI/c1-17-16(18-9-15-10-19-20(2)11-15)22-6-4-21(5-7-22)12-14-3-8-23-13-14;/h10-11,14H,3-9,12-13H2,1-2H3,(H,17,18);1H. The van der Waals surface area contributed by atoms with Crippen LogP contribution < -0.4 is 5.32 Å². The Morgan fingerprint density at radius 1 is 1.38 bits per heavy atom. The normalized spacial score (nSPS) is 22.5. The van der Waals surface area contributed by atoms with Gasteiger partial charge in [0.15, 0.2) is 5.96 Å².